The number of hydrogen-bond donors (Lipinski definition) is 3. The predicted molar refractivity (Wildman–Crippen MR) is 105 cm³/mol. The number of H-pyrrole nitrogens is 1. The fraction of sp³-hybridized carbons (Fsp3) is 0.444. The third kappa shape index (κ3) is 3.75. The first kappa shape index (κ1) is 18.1. The maximum Gasteiger partial charge on any atom is 0.189 e. The van der Waals surface area contributed by atoms with Gasteiger partial charge >= 0.3 is 0 Å². The third-order valence-corrected chi connectivity index (χ3v) is 4.11. The minimum atomic E-state index is 0.371. The van der Waals surface area contributed by atoms with Crippen LogP contribution in [0.1, 0.15) is 26.0 Å². The summed E-state index contributed by atoms with van der Waals surface area (Å²) in [6, 6.07) is 5.94. The van der Waals surface area contributed by atoms with Crippen molar-refractivity contribution in [3.63, 3.8) is 0 Å². The fourth-order valence-corrected chi connectivity index (χ4v) is 2.83. The number of aromatic amines is 1. The zero-order valence-electron chi connectivity index (χ0n) is 15.6. The Morgan fingerprint density at radius 3 is 2.62 bits per heavy atom. The van der Waals surface area contributed by atoms with Gasteiger partial charge in [0, 0.05) is 42.8 Å². The van der Waals surface area contributed by atoms with Gasteiger partial charge < -0.3 is 16.0 Å². The summed E-state index contributed by atoms with van der Waals surface area (Å²) in [4.78, 5) is 6.80. The molecule has 1 aliphatic rings. The lowest BCUT2D eigenvalue weighted by atomic mass is 10.1. The van der Waals surface area contributed by atoms with Gasteiger partial charge in [0.2, 0.25) is 0 Å². The molecule has 1 aliphatic heterocycles. The monoisotopic (exact) mass is 354 g/mol. The topological polar surface area (TPSA) is 109 Å². The Balaban J connectivity index is 0.000000613. The number of nitrogens with one attached hydrogen (secondary N) is 2. The van der Waals surface area contributed by atoms with E-state index >= 15 is 0 Å². The maximum atomic E-state index is 5.98. The van der Waals surface area contributed by atoms with Crippen LogP contribution in [-0.4, -0.2) is 51.6 Å². The number of aryl methyl sites for hydroxylation is 1. The van der Waals surface area contributed by atoms with Gasteiger partial charge in [0.1, 0.15) is 0 Å². The van der Waals surface area contributed by atoms with Crippen molar-refractivity contribution in [1.29, 1.82) is 0 Å². The second kappa shape index (κ2) is 8.09. The van der Waals surface area contributed by atoms with E-state index in [1.807, 2.05) is 25.1 Å². The molecule has 8 nitrogen and oxygen atoms in total. The lowest BCUT2D eigenvalue weighted by molar-refractivity contribution is 0.584. The van der Waals surface area contributed by atoms with E-state index in [0.29, 0.717) is 17.5 Å². The first-order valence-corrected chi connectivity index (χ1v) is 9.05. The molecule has 0 amide bonds. The van der Waals surface area contributed by atoms with Crippen LogP contribution in [0.5, 0.6) is 0 Å². The normalized spacial score (nSPS) is 14.2. The van der Waals surface area contributed by atoms with Crippen molar-refractivity contribution in [2.45, 2.75) is 27.2 Å². The molecule has 0 unspecified atom stereocenters. The third-order valence-electron chi connectivity index (χ3n) is 4.11. The average Bonchev–Trinajstić information content (AvgIpc) is 3.04. The summed E-state index contributed by atoms with van der Waals surface area (Å²) in [6.07, 6.45) is 1.25. The molecule has 26 heavy (non-hydrogen) atoms. The van der Waals surface area contributed by atoms with Crippen molar-refractivity contribution in [3.8, 4) is 11.4 Å². The highest BCUT2D eigenvalue weighted by atomic mass is 15.3. The SMILES string of the molecule is CCC.Cc1[nH]nc2ccc(-c3nnc(N)c(N4CCNCC4)n3)cc12. The van der Waals surface area contributed by atoms with Gasteiger partial charge in [0.05, 0.1) is 5.52 Å². The Morgan fingerprint density at radius 1 is 1.15 bits per heavy atom. The summed E-state index contributed by atoms with van der Waals surface area (Å²) < 4.78 is 0. The smallest absolute Gasteiger partial charge is 0.189 e. The summed E-state index contributed by atoms with van der Waals surface area (Å²) >= 11 is 0. The Hall–Kier alpha value is -2.74. The van der Waals surface area contributed by atoms with Gasteiger partial charge in [-0.2, -0.15) is 5.10 Å². The number of nitrogens with two attached hydrogens (primary N) is 1. The number of aromatic nitrogens is 5. The molecule has 138 valence electrons. The largest absolute Gasteiger partial charge is 0.379 e. The van der Waals surface area contributed by atoms with Crippen LogP contribution in [0.25, 0.3) is 22.3 Å². The highest BCUT2D eigenvalue weighted by Crippen LogP contribution is 2.25. The van der Waals surface area contributed by atoms with E-state index in [2.05, 4.69) is 49.4 Å². The van der Waals surface area contributed by atoms with Gasteiger partial charge in [-0.3, -0.25) is 5.10 Å². The molecule has 2 aromatic heterocycles. The minimum Gasteiger partial charge on any atom is -0.379 e. The van der Waals surface area contributed by atoms with Crippen molar-refractivity contribution in [2.75, 3.05) is 36.8 Å². The molecule has 0 bridgehead atoms. The molecule has 4 N–H and O–H groups in total. The number of hydrogen-bond acceptors (Lipinski definition) is 7. The number of nitrogen functional groups attached to an aromatic ring is 1. The molecule has 0 saturated carbocycles. The quantitative estimate of drug-likeness (QED) is 0.647. The van der Waals surface area contributed by atoms with Crippen LogP contribution < -0.4 is 16.0 Å². The molecule has 1 saturated heterocycles. The van der Waals surface area contributed by atoms with Gasteiger partial charge in [-0.1, -0.05) is 20.3 Å². The highest BCUT2D eigenvalue weighted by molar-refractivity contribution is 5.85. The van der Waals surface area contributed by atoms with Crippen LogP contribution in [0.2, 0.25) is 0 Å². The molecule has 8 heteroatoms. The highest BCUT2D eigenvalue weighted by Gasteiger charge is 2.17. The predicted octanol–water partition coefficient (Wildman–Crippen LogP) is 2.13. The second-order valence-corrected chi connectivity index (χ2v) is 6.37. The van der Waals surface area contributed by atoms with Crippen molar-refractivity contribution in [3.05, 3.63) is 23.9 Å². The first-order valence-electron chi connectivity index (χ1n) is 9.05. The van der Waals surface area contributed by atoms with Crippen molar-refractivity contribution >= 4 is 22.5 Å². The molecule has 0 aliphatic carbocycles. The van der Waals surface area contributed by atoms with E-state index in [9.17, 15) is 0 Å². The molecular weight excluding hydrogens is 328 g/mol. The summed E-state index contributed by atoms with van der Waals surface area (Å²) in [5, 5.41) is 19.9. The minimum absolute atomic E-state index is 0.371. The molecule has 3 aromatic rings. The van der Waals surface area contributed by atoms with Crippen LogP contribution in [0.15, 0.2) is 18.2 Å². The van der Waals surface area contributed by atoms with Gasteiger partial charge in [-0.25, -0.2) is 4.98 Å². The summed E-state index contributed by atoms with van der Waals surface area (Å²) in [6.45, 7) is 9.80. The molecule has 1 fully saturated rings. The molecule has 0 radical (unpaired) electrons. The molecule has 3 heterocycles. The molecular formula is C18H26N8. The number of anilines is 2. The molecule has 0 atom stereocenters. The van der Waals surface area contributed by atoms with E-state index in [0.717, 1.165) is 48.3 Å². The van der Waals surface area contributed by atoms with Crippen LogP contribution >= 0.6 is 0 Å². The number of fused-ring (bicyclic) bond motifs is 1. The van der Waals surface area contributed by atoms with E-state index in [4.69, 9.17) is 5.73 Å². The Kier molecular flexibility index (Phi) is 5.62. The summed E-state index contributed by atoms with van der Waals surface area (Å²) in [7, 11) is 0. The zero-order valence-corrected chi connectivity index (χ0v) is 15.6. The van der Waals surface area contributed by atoms with Crippen molar-refractivity contribution in [1.82, 2.24) is 30.7 Å². The second-order valence-electron chi connectivity index (χ2n) is 6.37. The van der Waals surface area contributed by atoms with Gasteiger partial charge in [0.25, 0.3) is 0 Å². The maximum absolute atomic E-state index is 5.98. The number of benzene rings is 1. The standard InChI is InChI=1S/C15H18N8.C3H8/c1-9-11-8-10(2-3-12(11)20-19-9)14-18-15(13(16)21-22-14)23-6-4-17-5-7-23;1-3-2/h2-3,8,17H,4-7H2,1H3,(H2,16,21)(H,19,20);3H2,1-2H3. The van der Waals surface area contributed by atoms with Gasteiger partial charge in [-0.05, 0) is 25.1 Å². The van der Waals surface area contributed by atoms with Crippen LogP contribution in [0.4, 0.5) is 11.6 Å². The number of piperazine rings is 1. The van der Waals surface area contributed by atoms with Crippen molar-refractivity contribution in [2.24, 2.45) is 0 Å². The molecule has 0 spiro atoms. The van der Waals surface area contributed by atoms with E-state index in [-0.39, 0.29) is 0 Å². The van der Waals surface area contributed by atoms with E-state index in [1.54, 1.807) is 0 Å². The summed E-state index contributed by atoms with van der Waals surface area (Å²) in [5.41, 5.74) is 8.84. The zero-order chi connectivity index (χ0) is 18.5. The Bertz CT molecular complexity index is 867. The van der Waals surface area contributed by atoms with Crippen LogP contribution in [0.3, 0.4) is 0 Å². The average molecular weight is 354 g/mol. The number of rotatable bonds is 2. The molecule has 4 rings (SSSR count). The van der Waals surface area contributed by atoms with E-state index < -0.39 is 0 Å². The summed E-state index contributed by atoms with van der Waals surface area (Å²) in [5.74, 6) is 1.66. The lowest BCUT2D eigenvalue weighted by Gasteiger charge is -2.28. The van der Waals surface area contributed by atoms with Gasteiger partial charge in [0.15, 0.2) is 17.5 Å². The number of nitrogens with zero attached hydrogens (tertiary/aromatic N) is 5. The lowest BCUT2D eigenvalue weighted by Crippen LogP contribution is -2.44. The molecule has 1 aromatic carbocycles. The van der Waals surface area contributed by atoms with Crippen LogP contribution in [0, 0.1) is 6.92 Å². The first-order chi connectivity index (χ1) is 12.6. The van der Waals surface area contributed by atoms with Crippen molar-refractivity contribution < 1.29 is 0 Å². The Morgan fingerprint density at radius 2 is 1.88 bits per heavy atom. The Labute approximate surface area is 153 Å². The fourth-order valence-electron chi connectivity index (χ4n) is 2.83. The van der Waals surface area contributed by atoms with Gasteiger partial charge in [-0.15, -0.1) is 10.2 Å². The van der Waals surface area contributed by atoms with Crippen LogP contribution in [-0.2, 0) is 0 Å². The van der Waals surface area contributed by atoms with E-state index in [1.165, 1.54) is 6.42 Å².